The van der Waals surface area contributed by atoms with Gasteiger partial charge in [-0.15, -0.1) is 16.4 Å². The third-order valence-corrected chi connectivity index (χ3v) is 10.2. The van der Waals surface area contributed by atoms with Crippen molar-refractivity contribution in [3.8, 4) is 0 Å². The van der Waals surface area contributed by atoms with E-state index in [-0.39, 0.29) is 0 Å². The van der Waals surface area contributed by atoms with Crippen molar-refractivity contribution in [3.05, 3.63) is 131 Å². The van der Waals surface area contributed by atoms with Crippen LogP contribution in [0.2, 0.25) is 0 Å². The van der Waals surface area contributed by atoms with Gasteiger partial charge in [0.2, 0.25) is 0 Å². The molecular formula is C32H24P2. The Kier molecular flexibility index (Phi) is 4.83. The molecule has 2 heteroatoms. The number of benzene rings is 5. The number of fused-ring (bicyclic) bond motifs is 6. The minimum Gasteiger partial charge on any atom is -0.123 e. The topological polar surface area (TPSA) is 0 Å². The summed E-state index contributed by atoms with van der Waals surface area (Å²) < 4.78 is 0. The maximum absolute atomic E-state index is 2.33. The summed E-state index contributed by atoms with van der Waals surface area (Å²) in [4.78, 5) is 0. The molecule has 0 saturated carbocycles. The lowest BCUT2D eigenvalue weighted by atomic mass is 9.98. The first-order valence-electron chi connectivity index (χ1n) is 11.9. The van der Waals surface area contributed by atoms with Gasteiger partial charge >= 0.3 is 0 Å². The van der Waals surface area contributed by atoms with E-state index in [2.05, 4.69) is 109 Å². The lowest BCUT2D eigenvalue weighted by Crippen LogP contribution is -1.91. The molecule has 7 aromatic rings. The molecule has 0 amide bonds. The van der Waals surface area contributed by atoms with Gasteiger partial charge in [0, 0.05) is 10.2 Å². The molecule has 7 rings (SSSR count). The molecule has 0 aliphatic rings. The van der Waals surface area contributed by atoms with Crippen LogP contribution in [0.1, 0.15) is 22.3 Å². The molecule has 2 aromatic heterocycles. The van der Waals surface area contributed by atoms with Crippen LogP contribution in [0.3, 0.4) is 0 Å². The third-order valence-electron chi connectivity index (χ3n) is 7.07. The molecule has 5 aromatic carbocycles. The summed E-state index contributed by atoms with van der Waals surface area (Å²) in [6.07, 6.45) is 2.00. The first-order valence-corrected chi connectivity index (χ1v) is 13.9. The summed E-state index contributed by atoms with van der Waals surface area (Å²) in [5.74, 6) is 0. The zero-order valence-corrected chi connectivity index (χ0v) is 20.8. The van der Waals surface area contributed by atoms with Gasteiger partial charge in [0.05, 0.1) is 0 Å². The van der Waals surface area contributed by atoms with Crippen LogP contribution < -0.4 is 0 Å². The molecule has 2 unspecified atom stereocenters. The molecule has 0 radical (unpaired) electrons. The van der Waals surface area contributed by atoms with Crippen molar-refractivity contribution in [3.63, 3.8) is 0 Å². The van der Waals surface area contributed by atoms with Gasteiger partial charge in [-0.25, -0.2) is 0 Å². The second-order valence-electron chi connectivity index (χ2n) is 9.19. The molecule has 0 aliphatic heterocycles. The quantitative estimate of drug-likeness (QED) is 0.240. The van der Waals surface area contributed by atoms with Crippen LogP contribution in [-0.2, 0) is 12.8 Å². The Bertz CT molecular complexity index is 1660. The Morgan fingerprint density at radius 2 is 0.794 bits per heavy atom. The first kappa shape index (κ1) is 20.1. The van der Waals surface area contributed by atoms with E-state index < -0.39 is 0 Å². The number of hydrogen-bond donors (Lipinski definition) is 0. The van der Waals surface area contributed by atoms with Gasteiger partial charge < -0.3 is 0 Å². The average Bonchev–Trinajstić information content (AvgIpc) is 3.45. The largest absolute Gasteiger partial charge is 0.123 e. The zero-order chi connectivity index (χ0) is 22.5. The molecule has 0 aliphatic carbocycles. The van der Waals surface area contributed by atoms with Gasteiger partial charge in [-0.2, -0.15) is 0 Å². The highest BCUT2D eigenvalue weighted by Gasteiger charge is 2.10. The van der Waals surface area contributed by atoms with E-state index >= 15 is 0 Å². The maximum Gasteiger partial charge on any atom is 0.00293 e. The molecule has 0 saturated heterocycles. The Morgan fingerprint density at radius 3 is 1.26 bits per heavy atom. The molecule has 2 heterocycles. The molecule has 162 valence electrons. The molecule has 2 atom stereocenters. The van der Waals surface area contributed by atoms with E-state index in [1.807, 2.05) is 0 Å². The fourth-order valence-corrected chi connectivity index (χ4v) is 8.35. The Morgan fingerprint density at radius 1 is 0.382 bits per heavy atom. The molecule has 0 spiro atoms. The minimum absolute atomic E-state index is 0.770. The molecule has 0 N–H and O–H groups in total. The summed E-state index contributed by atoms with van der Waals surface area (Å²) in [6, 6.07) is 40.8. The van der Waals surface area contributed by atoms with Crippen molar-refractivity contribution >= 4 is 58.4 Å². The third kappa shape index (κ3) is 3.38. The predicted octanol–water partition coefficient (Wildman–Crippen LogP) is 9.54. The SMILES string of the molecule is c1ccc2c(c1)[pH]c1c(Cc3ccc(Cc4cccc5c4[pH]c4ccccc45)cc3)cccc12. The minimum atomic E-state index is 0.770. The molecule has 0 nitrogen and oxygen atoms in total. The van der Waals surface area contributed by atoms with Crippen molar-refractivity contribution in [2.45, 2.75) is 12.8 Å². The Hall–Kier alpha value is -3.30. The van der Waals surface area contributed by atoms with Gasteiger partial charge in [-0.3, -0.25) is 0 Å². The van der Waals surface area contributed by atoms with Gasteiger partial charge in [0.1, 0.15) is 0 Å². The second kappa shape index (κ2) is 8.18. The average molecular weight is 470 g/mol. The standard InChI is InChI=1S/C32H24P2/c1-3-13-29-25(9-1)27-11-5-7-23(31(27)33-29)19-21-15-17-22(18-16-21)20-24-8-6-12-28-26-10-2-4-14-30(26)34-32(24)28/h1-18,33-34H,19-20H2. The van der Waals surface area contributed by atoms with Crippen molar-refractivity contribution in [2.24, 2.45) is 0 Å². The fourth-order valence-electron chi connectivity index (χ4n) is 5.38. The van der Waals surface area contributed by atoms with Gasteiger partial charge in [-0.05, 0) is 66.9 Å². The van der Waals surface area contributed by atoms with Crippen molar-refractivity contribution in [2.75, 3.05) is 0 Å². The molecular weight excluding hydrogens is 446 g/mol. The van der Waals surface area contributed by atoms with E-state index in [1.54, 1.807) is 0 Å². The number of rotatable bonds is 4. The van der Waals surface area contributed by atoms with E-state index in [0.29, 0.717) is 0 Å². The van der Waals surface area contributed by atoms with Crippen molar-refractivity contribution in [1.82, 2.24) is 0 Å². The van der Waals surface area contributed by atoms with Gasteiger partial charge in [0.25, 0.3) is 0 Å². The lowest BCUT2D eigenvalue weighted by Gasteiger charge is -2.08. The molecule has 0 fully saturated rings. The van der Waals surface area contributed by atoms with Crippen LogP contribution in [0.4, 0.5) is 0 Å². The summed E-state index contributed by atoms with van der Waals surface area (Å²) in [6.45, 7) is 0. The smallest absolute Gasteiger partial charge is 0.00293 e. The summed E-state index contributed by atoms with van der Waals surface area (Å²) in [7, 11) is 1.54. The Labute approximate surface area is 202 Å². The first-order chi connectivity index (χ1) is 16.8. The van der Waals surface area contributed by atoms with E-state index in [4.69, 9.17) is 0 Å². The maximum atomic E-state index is 2.33. The summed E-state index contributed by atoms with van der Waals surface area (Å²) >= 11 is 0. The zero-order valence-electron chi connectivity index (χ0n) is 18.8. The van der Waals surface area contributed by atoms with Crippen LogP contribution in [0.5, 0.6) is 0 Å². The van der Waals surface area contributed by atoms with Crippen molar-refractivity contribution < 1.29 is 0 Å². The van der Waals surface area contributed by atoms with E-state index in [9.17, 15) is 0 Å². The van der Waals surface area contributed by atoms with Crippen LogP contribution in [-0.4, -0.2) is 0 Å². The van der Waals surface area contributed by atoms with Gasteiger partial charge in [-0.1, -0.05) is 109 Å². The number of hydrogen-bond acceptors (Lipinski definition) is 0. The van der Waals surface area contributed by atoms with E-state index in [0.717, 1.165) is 29.2 Å². The summed E-state index contributed by atoms with van der Waals surface area (Å²) in [5.41, 5.74) is 5.73. The normalized spacial score (nSPS) is 12.2. The lowest BCUT2D eigenvalue weighted by molar-refractivity contribution is 1.17. The van der Waals surface area contributed by atoms with Crippen LogP contribution in [0, 0.1) is 0 Å². The van der Waals surface area contributed by atoms with Crippen LogP contribution >= 0.6 is 16.4 Å². The predicted molar refractivity (Wildman–Crippen MR) is 154 cm³/mol. The van der Waals surface area contributed by atoms with Crippen LogP contribution in [0.15, 0.2) is 109 Å². The fraction of sp³-hybridized carbons (Fsp3) is 0.0625. The van der Waals surface area contributed by atoms with E-state index in [1.165, 1.54) is 64.3 Å². The van der Waals surface area contributed by atoms with Crippen molar-refractivity contribution in [1.29, 1.82) is 0 Å². The highest BCUT2D eigenvalue weighted by Crippen LogP contribution is 2.41. The second-order valence-corrected chi connectivity index (χ2v) is 11.8. The van der Waals surface area contributed by atoms with Crippen LogP contribution in [0.25, 0.3) is 42.0 Å². The summed E-state index contributed by atoms with van der Waals surface area (Å²) in [5, 5.41) is 11.8. The molecule has 0 bridgehead atoms. The monoisotopic (exact) mass is 470 g/mol. The van der Waals surface area contributed by atoms with Gasteiger partial charge in [0.15, 0.2) is 0 Å². The highest BCUT2D eigenvalue weighted by molar-refractivity contribution is 7.44. The highest BCUT2D eigenvalue weighted by atomic mass is 31.0. The Balaban J connectivity index is 1.19. The molecule has 34 heavy (non-hydrogen) atoms.